The molecule has 1 N–H and O–H groups in total. The van der Waals surface area contributed by atoms with Crippen LogP contribution >= 0.6 is 11.8 Å². The molecule has 0 aromatic heterocycles. The largest absolute Gasteiger partial charge is 0.324 e. The first kappa shape index (κ1) is 13.8. The second-order valence-corrected chi connectivity index (χ2v) is 5.18. The Kier molecular flexibility index (Phi) is 4.36. The number of benzene rings is 1. The van der Waals surface area contributed by atoms with Crippen molar-refractivity contribution < 1.29 is 18.4 Å². The van der Waals surface area contributed by atoms with Crippen LogP contribution in [0.25, 0.3) is 0 Å². The van der Waals surface area contributed by atoms with Crippen molar-refractivity contribution in [3.05, 3.63) is 35.4 Å². The number of carbonyl (C=O) groups excluding carboxylic acids is 2. The summed E-state index contributed by atoms with van der Waals surface area (Å²) in [6.45, 7) is 1.03. The van der Waals surface area contributed by atoms with E-state index in [9.17, 15) is 18.4 Å². The average molecular weight is 286 g/mol. The van der Waals surface area contributed by atoms with Gasteiger partial charge in [-0.15, -0.1) is 0 Å². The van der Waals surface area contributed by atoms with Gasteiger partial charge in [-0.2, -0.15) is 11.8 Å². The zero-order valence-corrected chi connectivity index (χ0v) is 10.8. The van der Waals surface area contributed by atoms with Gasteiger partial charge >= 0.3 is 6.03 Å². The molecule has 7 heteroatoms. The van der Waals surface area contributed by atoms with E-state index in [1.807, 2.05) is 5.32 Å². The second kappa shape index (κ2) is 6.01. The minimum Gasteiger partial charge on any atom is -0.323 e. The van der Waals surface area contributed by atoms with Gasteiger partial charge < -0.3 is 4.90 Å². The molecule has 0 saturated carbocycles. The van der Waals surface area contributed by atoms with Crippen molar-refractivity contribution >= 4 is 23.7 Å². The van der Waals surface area contributed by atoms with Crippen molar-refractivity contribution in [2.75, 3.05) is 24.6 Å². The van der Waals surface area contributed by atoms with Crippen LogP contribution in [0.15, 0.2) is 18.2 Å². The fourth-order valence-corrected chi connectivity index (χ4v) is 2.62. The van der Waals surface area contributed by atoms with E-state index in [4.69, 9.17) is 0 Å². The van der Waals surface area contributed by atoms with Gasteiger partial charge in [0.05, 0.1) is 0 Å². The first-order chi connectivity index (χ1) is 9.09. The molecule has 0 aliphatic carbocycles. The lowest BCUT2D eigenvalue weighted by atomic mass is 10.2. The Hall–Kier alpha value is -1.63. The first-order valence-electron chi connectivity index (χ1n) is 5.71. The first-order valence-corrected chi connectivity index (χ1v) is 6.87. The number of halogens is 2. The summed E-state index contributed by atoms with van der Waals surface area (Å²) in [6.07, 6.45) is 0. The molecule has 1 saturated heterocycles. The normalized spacial score (nSPS) is 15.2. The number of urea groups is 1. The molecule has 0 unspecified atom stereocenters. The van der Waals surface area contributed by atoms with E-state index in [0.29, 0.717) is 13.1 Å². The number of nitrogens with zero attached hydrogens (tertiary/aromatic N) is 1. The van der Waals surface area contributed by atoms with Gasteiger partial charge in [0, 0.05) is 24.6 Å². The molecule has 0 bridgehead atoms. The van der Waals surface area contributed by atoms with Crippen LogP contribution < -0.4 is 5.32 Å². The molecular formula is C12H12F2N2O2S. The summed E-state index contributed by atoms with van der Waals surface area (Å²) < 4.78 is 26.7. The molecule has 0 spiro atoms. The highest BCUT2D eigenvalue weighted by molar-refractivity contribution is 7.99. The number of amides is 3. The Morgan fingerprint density at radius 2 is 1.74 bits per heavy atom. The summed E-state index contributed by atoms with van der Waals surface area (Å²) in [5.41, 5.74) is -0.734. The lowest BCUT2D eigenvalue weighted by molar-refractivity contribution is 0.0945. The van der Waals surface area contributed by atoms with E-state index in [1.165, 1.54) is 4.90 Å². The van der Waals surface area contributed by atoms with Crippen molar-refractivity contribution in [3.63, 3.8) is 0 Å². The predicted octanol–water partition coefficient (Wildman–Crippen LogP) is 1.86. The molecule has 1 aliphatic heterocycles. The molecule has 102 valence electrons. The smallest absolute Gasteiger partial charge is 0.323 e. The summed E-state index contributed by atoms with van der Waals surface area (Å²) >= 11 is 1.71. The topological polar surface area (TPSA) is 49.4 Å². The average Bonchev–Trinajstić information content (AvgIpc) is 2.39. The van der Waals surface area contributed by atoms with E-state index >= 15 is 0 Å². The second-order valence-electron chi connectivity index (χ2n) is 3.96. The Labute approximate surface area is 113 Å². The number of rotatable bonds is 1. The molecule has 19 heavy (non-hydrogen) atoms. The van der Waals surface area contributed by atoms with Gasteiger partial charge in [0.2, 0.25) is 0 Å². The van der Waals surface area contributed by atoms with E-state index in [1.54, 1.807) is 11.8 Å². The number of carbonyl (C=O) groups is 2. The number of hydrogen-bond acceptors (Lipinski definition) is 3. The van der Waals surface area contributed by atoms with Crippen LogP contribution in [-0.4, -0.2) is 41.4 Å². The minimum atomic E-state index is -1.06. The zero-order chi connectivity index (χ0) is 13.8. The third-order valence-corrected chi connectivity index (χ3v) is 3.65. The van der Waals surface area contributed by atoms with Gasteiger partial charge in [-0.1, -0.05) is 6.07 Å². The summed E-state index contributed by atoms with van der Waals surface area (Å²) in [7, 11) is 0. The van der Waals surface area contributed by atoms with Crippen LogP contribution in [0, 0.1) is 11.6 Å². The molecule has 0 radical (unpaired) electrons. The third kappa shape index (κ3) is 3.23. The SMILES string of the molecule is O=C(NC(=O)N1CCSCC1)c1c(F)cccc1F. The molecule has 2 rings (SSSR count). The summed E-state index contributed by atoms with van der Waals surface area (Å²) in [5, 5.41) is 2.01. The number of imide groups is 1. The fraction of sp³-hybridized carbons (Fsp3) is 0.333. The molecule has 1 aliphatic rings. The molecule has 1 aromatic carbocycles. The van der Waals surface area contributed by atoms with Gasteiger partial charge in [0.25, 0.3) is 5.91 Å². The van der Waals surface area contributed by atoms with E-state index in [2.05, 4.69) is 0 Å². The monoisotopic (exact) mass is 286 g/mol. The number of nitrogens with one attached hydrogen (secondary N) is 1. The van der Waals surface area contributed by atoms with Gasteiger partial charge in [-0.05, 0) is 12.1 Å². The highest BCUT2D eigenvalue weighted by atomic mass is 32.2. The van der Waals surface area contributed by atoms with Crippen LogP contribution in [0.2, 0.25) is 0 Å². The summed E-state index contributed by atoms with van der Waals surface area (Å²) in [4.78, 5) is 24.9. The number of thioether (sulfide) groups is 1. The van der Waals surface area contributed by atoms with Gasteiger partial charge in [-0.25, -0.2) is 13.6 Å². The van der Waals surface area contributed by atoms with Crippen LogP contribution in [0.4, 0.5) is 13.6 Å². The predicted molar refractivity (Wildman–Crippen MR) is 68.1 cm³/mol. The standard InChI is InChI=1S/C12H12F2N2O2S/c13-8-2-1-3-9(14)10(8)11(17)15-12(18)16-4-6-19-7-5-16/h1-3H,4-7H2,(H,15,17,18). The lowest BCUT2D eigenvalue weighted by Crippen LogP contribution is -2.46. The van der Waals surface area contributed by atoms with Crippen LogP contribution in [0.1, 0.15) is 10.4 Å². The van der Waals surface area contributed by atoms with Crippen molar-refractivity contribution in [1.82, 2.24) is 10.2 Å². The molecular weight excluding hydrogens is 274 g/mol. The minimum absolute atomic E-state index is 0.517. The Bertz CT molecular complexity index is 484. The lowest BCUT2D eigenvalue weighted by Gasteiger charge is -2.26. The summed E-state index contributed by atoms with van der Waals surface area (Å²) in [6, 6.07) is 2.48. The van der Waals surface area contributed by atoms with Crippen LogP contribution in [0.3, 0.4) is 0 Å². The Balaban J connectivity index is 2.06. The maximum atomic E-state index is 13.4. The van der Waals surface area contributed by atoms with Crippen molar-refractivity contribution in [2.45, 2.75) is 0 Å². The third-order valence-electron chi connectivity index (χ3n) is 2.71. The molecule has 3 amide bonds. The molecule has 1 heterocycles. The van der Waals surface area contributed by atoms with Crippen molar-refractivity contribution in [3.8, 4) is 0 Å². The van der Waals surface area contributed by atoms with E-state index < -0.39 is 29.1 Å². The zero-order valence-electron chi connectivity index (χ0n) is 9.99. The number of hydrogen-bond donors (Lipinski definition) is 1. The molecule has 1 aromatic rings. The van der Waals surface area contributed by atoms with Crippen molar-refractivity contribution in [2.24, 2.45) is 0 Å². The Morgan fingerprint density at radius 1 is 1.16 bits per heavy atom. The van der Waals surface area contributed by atoms with E-state index in [0.717, 1.165) is 29.7 Å². The maximum Gasteiger partial charge on any atom is 0.324 e. The summed E-state index contributed by atoms with van der Waals surface area (Å²) in [5.74, 6) is -1.46. The maximum absolute atomic E-state index is 13.4. The molecule has 1 fully saturated rings. The van der Waals surface area contributed by atoms with Gasteiger partial charge in [0.1, 0.15) is 17.2 Å². The van der Waals surface area contributed by atoms with E-state index in [-0.39, 0.29) is 0 Å². The van der Waals surface area contributed by atoms with Gasteiger partial charge in [0.15, 0.2) is 0 Å². The highest BCUT2D eigenvalue weighted by Gasteiger charge is 2.23. The molecule has 0 atom stereocenters. The van der Waals surface area contributed by atoms with Gasteiger partial charge in [-0.3, -0.25) is 10.1 Å². The Morgan fingerprint density at radius 3 is 2.32 bits per heavy atom. The fourth-order valence-electron chi connectivity index (χ4n) is 1.72. The van der Waals surface area contributed by atoms with Crippen molar-refractivity contribution in [1.29, 1.82) is 0 Å². The van der Waals surface area contributed by atoms with Crippen LogP contribution in [-0.2, 0) is 0 Å². The highest BCUT2D eigenvalue weighted by Crippen LogP contribution is 2.13. The van der Waals surface area contributed by atoms with Crippen LogP contribution in [0.5, 0.6) is 0 Å². The molecule has 4 nitrogen and oxygen atoms in total. The quantitative estimate of drug-likeness (QED) is 0.857.